The first-order valence-electron chi connectivity index (χ1n) is 11.0. The first-order valence-corrected chi connectivity index (χ1v) is 11.0. The molecule has 0 spiro atoms. The number of likely N-dealkylation sites (tertiary alicyclic amines) is 1. The van der Waals surface area contributed by atoms with Gasteiger partial charge in [-0.1, -0.05) is 84.0 Å². The maximum atomic E-state index is 13.2. The highest BCUT2D eigenvalue weighted by molar-refractivity contribution is 5.91. The van der Waals surface area contributed by atoms with E-state index in [1.54, 1.807) is 0 Å². The second-order valence-corrected chi connectivity index (χ2v) is 8.79. The van der Waals surface area contributed by atoms with Gasteiger partial charge >= 0.3 is 0 Å². The summed E-state index contributed by atoms with van der Waals surface area (Å²) in [5.74, 6) is 0.499. The molecule has 5 nitrogen and oxygen atoms in total. The number of nitrogens with zero attached hydrogens (tertiary/aromatic N) is 2. The number of nitrogens with two attached hydrogens (primary N) is 1. The number of hydrogen-bond acceptors (Lipinski definition) is 3. The lowest BCUT2D eigenvalue weighted by molar-refractivity contribution is -0.889. The van der Waals surface area contributed by atoms with Crippen molar-refractivity contribution in [1.29, 1.82) is 0 Å². The number of rotatable bonds is 8. The minimum Gasteiger partial charge on any atom is -0.369 e. The van der Waals surface area contributed by atoms with Crippen LogP contribution in [0.25, 0.3) is 0 Å². The molecule has 1 amide bonds. The summed E-state index contributed by atoms with van der Waals surface area (Å²) >= 11 is 0. The average molecular weight is 429 g/mol. The minimum atomic E-state index is -0.865. The van der Waals surface area contributed by atoms with Crippen LogP contribution in [-0.4, -0.2) is 43.3 Å². The van der Waals surface area contributed by atoms with Gasteiger partial charge in [0.05, 0.1) is 26.4 Å². The van der Waals surface area contributed by atoms with Gasteiger partial charge in [0.1, 0.15) is 12.0 Å². The van der Waals surface area contributed by atoms with Crippen molar-refractivity contribution in [3.63, 3.8) is 0 Å². The van der Waals surface area contributed by atoms with Gasteiger partial charge in [0.2, 0.25) is 5.91 Å². The molecule has 1 saturated heterocycles. The number of primary amides is 1. The lowest BCUT2D eigenvalue weighted by Crippen LogP contribution is -2.51. The monoisotopic (exact) mass is 428 g/mol. The Morgan fingerprint density at radius 1 is 1.00 bits per heavy atom. The number of carbonyl (C=O) groups excluding carboxylic acids is 1. The van der Waals surface area contributed by atoms with E-state index >= 15 is 0 Å². The summed E-state index contributed by atoms with van der Waals surface area (Å²) < 4.78 is 0.779. The molecule has 1 unspecified atom stereocenters. The van der Waals surface area contributed by atoms with Gasteiger partial charge in [-0.15, -0.1) is 0 Å². The van der Waals surface area contributed by atoms with E-state index in [1.807, 2.05) is 97.2 Å². The normalized spacial score (nSPS) is 21.0. The molecule has 1 aliphatic rings. The molecule has 0 aliphatic carbocycles. The number of quaternary nitrogens is 1. The lowest BCUT2D eigenvalue weighted by atomic mass is 9.64. The van der Waals surface area contributed by atoms with Gasteiger partial charge < -0.3 is 15.1 Å². The Kier molecular flexibility index (Phi) is 6.37. The highest BCUT2D eigenvalue weighted by Crippen LogP contribution is 2.44. The Balaban J connectivity index is 1.59. The summed E-state index contributed by atoms with van der Waals surface area (Å²) in [5, 5.41) is 4.16. The predicted octanol–water partition coefficient (Wildman–Crippen LogP) is 3.99. The number of oxime groups is 1. The fourth-order valence-corrected chi connectivity index (χ4v) is 5.04. The summed E-state index contributed by atoms with van der Waals surface area (Å²) in [7, 11) is 2.20. The molecule has 0 aromatic heterocycles. The van der Waals surface area contributed by atoms with Gasteiger partial charge in [-0.25, -0.2) is 0 Å². The summed E-state index contributed by atoms with van der Waals surface area (Å²) in [5.41, 5.74) is 7.25. The van der Waals surface area contributed by atoms with Gasteiger partial charge in [-0.2, -0.15) is 0 Å². The number of benzene rings is 3. The van der Waals surface area contributed by atoms with Crippen LogP contribution in [0, 0.1) is 5.92 Å². The molecule has 2 N–H and O–H groups in total. The van der Waals surface area contributed by atoms with Crippen LogP contribution < -0.4 is 10.6 Å². The van der Waals surface area contributed by atoms with Gasteiger partial charge in [0.25, 0.3) is 0 Å². The quantitative estimate of drug-likeness (QED) is 0.335. The molecule has 164 valence electrons. The third-order valence-corrected chi connectivity index (χ3v) is 6.64. The highest BCUT2D eigenvalue weighted by atomic mass is 16.6. The molecular weight excluding hydrogens is 398 g/mol. The van der Waals surface area contributed by atoms with Crippen molar-refractivity contribution in [3.05, 3.63) is 102 Å². The zero-order valence-electron chi connectivity index (χ0n) is 18.4. The van der Waals surface area contributed by atoms with E-state index in [0.717, 1.165) is 41.7 Å². The van der Waals surface area contributed by atoms with Crippen molar-refractivity contribution in [2.45, 2.75) is 11.8 Å². The number of hydrogen-bond donors (Lipinski definition) is 1. The molecule has 2 atom stereocenters. The van der Waals surface area contributed by atoms with E-state index < -0.39 is 5.41 Å². The highest BCUT2D eigenvalue weighted by Gasteiger charge is 2.53. The second kappa shape index (κ2) is 9.37. The van der Waals surface area contributed by atoms with E-state index in [9.17, 15) is 4.79 Å². The summed E-state index contributed by atoms with van der Waals surface area (Å²) in [6.45, 7) is 2.49. The number of carbonyl (C=O) groups is 1. The van der Waals surface area contributed by atoms with Crippen LogP contribution in [0.4, 0.5) is 0 Å². The van der Waals surface area contributed by atoms with Crippen LogP contribution in [0.2, 0.25) is 0 Å². The Labute approximate surface area is 189 Å². The topological polar surface area (TPSA) is 64.7 Å². The molecule has 4 rings (SSSR count). The van der Waals surface area contributed by atoms with Crippen LogP contribution in [0.1, 0.15) is 17.5 Å². The van der Waals surface area contributed by atoms with Crippen LogP contribution in [0.3, 0.4) is 0 Å². The van der Waals surface area contributed by atoms with E-state index in [2.05, 4.69) is 12.2 Å². The second-order valence-electron chi connectivity index (χ2n) is 8.79. The maximum Gasteiger partial charge on any atom is 0.233 e. The van der Waals surface area contributed by atoms with Crippen LogP contribution in [-0.2, 0) is 10.2 Å². The Bertz CT molecular complexity index is 1010. The zero-order chi connectivity index (χ0) is 22.4. The van der Waals surface area contributed by atoms with Crippen molar-refractivity contribution in [2.75, 3.05) is 26.7 Å². The Morgan fingerprint density at radius 3 is 2.06 bits per heavy atom. The van der Waals surface area contributed by atoms with Crippen molar-refractivity contribution < 1.29 is 14.1 Å². The molecule has 0 bridgehead atoms. The number of amides is 1. The van der Waals surface area contributed by atoms with Crippen LogP contribution in [0.15, 0.2) is 96.2 Å². The van der Waals surface area contributed by atoms with Gasteiger partial charge in [-0.3, -0.25) is 4.79 Å². The zero-order valence-corrected chi connectivity index (χ0v) is 18.4. The maximum absolute atomic E-state index is 13.2. The molecule has 1 heterocycles. The van der Waals surface area contributed by atoms with E-state index in [1.165, 1.54) is 0 Å². The van der Waals surface area contributed by atoms with E-state index in [0.29, 0.717) is 5.75 Å². The fourth-order valence-electron chi connectivity index (χ4n) is 5.04. The first kappa shape index (κ1) is 21.8. The average Bonchev–Trinajstić information content (AvgIpc) is 3.21. The van der Waals surface area contributed by atoms with Crippen molar-refractivity contribution in [1.82, 2.24) is 0 Å². The molecule has 1 fully saturated rings. The first-order chi connectivity index (χ1) is 15.5. The SMILES string of the molecule is C[N@+]1(CC=NOc2ccccc2)CCC(C(C(N)=O)(c2ccccc2)c2ccccc2)C1. The Morgan fingerprint density at radius 2 is 1.53 bits per heavy atom. The largest absolute Gasteiger partial charge is 0.369 e. The fraction of sp³-hybridized carbons (Fsp3) is 0.259. The smallest absolute Gasteiger partial charge is 0.233 e. The van der Waals surface area contributed by atoms with Crippen molar-refractivity contribution in [2.24, 2.45) is 16.8 Å². The third-order valence-electron chi connectivity index (χ3n) is 6.64. The summed E-state index contributed by atoms with van der Waals surface area (Å²) in [4.78, 5) is 18.7. The van der Waals surface area contributed by atoms with Gasteiger partial charge in [0, 0.05) is 12.3 Å². The lowest BCUT2D eigenvalue weighted by Gasteiger charge is -2.37. The molecule has 32 heavy (non-hydrogen) atoms. The summed E-state index contributed by atoms with van der Waals surface area (Å²) in [6.07, 6.45) is 2.73. The van der Waals surface area contributed by atoms with Gasteiger partial charge in [-0.05, 0) is 23.3 Å². The predicted molar refractivity (Wildman–Crippen MR) is 127 cm³/mol. The van der Waals surface area contributed by atoms with E-state index in [4.69, 9.17) is 10.6 Å². The Hall–Kier alpha value is -3.44. The van der Waals surface area contributed by atoms with E-state index in [-0.39, 0.29) is 11.8 Å². The summed E-state index contributed by atoms with van der Waals surface area (Å²) in [6, 6.07) is 29.5. The van der Waals surface area contributed by atoms with Gasteiger partial charge in [0.15, 0.2) is 5.75 Å². The van der Waals surface area contributed by atoms with Crippen molar-refractivity contribution >= 4 is 12.1 Å². The molecular formula is C27H30N3O2+. The molecule has 5 heteroatoms. The molecule has 1 aliphatic heterocycles. The third kappa shape index (κ3) is 4.30. The molecule has 3 aromatic carbocycles. The van der Waals surface area contributed by atoms with Crippen molar-refractivity contribution in [3.8, 4) is 5.75 Å². The van der Waals surface area contributed by atoms with Crippen LogP contribution >= 0.6 is 0 Å². The number of para-hydroxylation sites is 1. The van der Waals surface area contributed by atoms with Crippen LogP contribution in [0.5, 0.6) is 5.75 Å². The molecule has 0 saturated carbocycles. The standard InChI is InChI=1S/C27H29N3O2/c1-30(20-18-29-32-25-15-9-4-10-16-25)19-17-24(21-30)27(26(28)31,22-11-5-2-6-12-22)23-13-7-3-8-14-23/h2-16,18,24H,17,19-21H2,1H3,(H-,28,31)/p+1/t24?,30-/m1/s1. The molecule has 0 radical (unpaired) electrons. The molecule has 3 aromatic rings. The minimum absolute atomic E-state index is 0.0817.